The van der Waals surface area contributed by atoms with Crippen molar-refractivity contribution in [3.05, 3.63) is 54.9 Å². The lowest BCUT2D eigenvalue weighted by Crippen LogP contribution is -2.29. The van der Waals surface area contributed by atoms with E-state index in [-0.39, 0.29) is 11.2 Å². The third kappa shape index (κ3) is 2.32. The highest BCUT2D eigenvalue weighted by Gasteiger charge is 2.22. The second kappa shape index (κ2) is 4.57. The van der Waals surface area contributed by atoms with Crippen molar-refractivity contribution in [3.63, 3.8) is 0 Å². The normalized spacial score (nSPS) is 14.6. The van der Waals surface area contributed by atoms with E-state index in [2.05, 4.69) is 21.7 Å². The Labute approximate surface area is 112 Å². The zero-order chi connectivity index (χ0) is 14.3. The summed E-state index contributed by atoms with van der Waals surface area (Å²) in [7, 11) is 0. The molecule has 2 aromatic rings. The van der Waals surface area contributed by atoms with Crippen molar-refractivity contribution >= 4 is 16.7 Å². The first-order chi connectivity index (χ1) is 9.54. The third-order valence-corrected chi connectivity index (χ3v) is 3.13. The van der Waals surface area contributed by atoms with E-state index < -0.39 is 16.0 Å². The molecule has 1 atom stereocenters. The summed E-state index contributed by atoms with van der Waals surface area (Å²) in [6, 6.07) is 2.93. The molecule has 0 saturated heterocycles. The maximum absolute atomic E-state index is 11.4. The average Bonchev–Trinajstić information content (AvgIpc) is 3.21. The van der Waals surface area contributed by atoms with Crippen LogP contribution in [0.5, 0.6) is 0 Å². The summed E-state index contributed by atoms with van der Waals surface area (Å²) in [5.41, 5.74) is -0.494. The number of nitro benzene ring substituents is 1. The highest BCUT2D eigenvalue weighted by molar-refractivity contribution is 5.80. The Kier molecular flexibility index (Phi) is 2.87. The number of rotatable bonds is 4. The van der Waals surface area contributed by atoms with Crippen LogP contribution in [0.2, 0.25) is 0 Å². The second-order valence-electron chi connectivity index (χ2n) is 4.65. The van der Waals surface area contributed by atoms with Gasteiger partial charge in [-0.15, -0.1) is 0 Å². The molecule has 1 aliphatic rings. The summed E-state index contributed by atoms with van der Waals surface area (Å²) in [5, 5.41) is 14.1. The van der Waals surface area contributed by atoms with Gasteiger partial charge in [0.15, 0.2) is 0 Å². The van der Waals surface area contributed by atoms with Crippen LogP contribution in [0, 0.1) is 16.5 Å². The number of H-pyrrole nitrogens is 2. The Bertz CT molecular complexity index is 803. The van der Waals surface area contributed by atoms with Crippen LogP contribution in [0.4, 0.5) is 5.69 Å². The Morgan fingerprint density at radius 1 is 1.30 bits per heavy atom. The lowest BCUT2D eigenvalue weighted by molar-refractivity contribution is -0.384. The van der Waals surface area contributed by atoms with E-state index in [0.717, 1.165) is 6.42 Å². The number of hydrogen-bond acceptors (Lipinski definition) is 5. The molecule has 3 rings (SSSR count). The lowest BCUT2D eigenvalue weighted by Gasteiger charge is -2.07. The molecular weight excluding hydrogens is 264 g/mol. The Hall–Kier alpha value is -2.48. The number of nitro groups is 1. The van der Waals surface area contributed by atoms with Gasteiger partial charge in [-0.3, -0.25) is 19.7 Å². The second-order valence-corrected chi connectivity index (χ2v) is 4.65. The van der Waals surface area contributed by atoms with Gasteiger partial charge in [-0.2, -0.15) is 0 Å². The molecule has 1 aromatic heterocycles. The molecule has 0 amide bonds. The number of non-ortho nitro benzene ring substituents is 1. The van der Waals surface area contributed by atoms with Gasteiger partial charge in [0.2, 0.25) is 0 Å². The zero-order valence-electron chi connectivity index (χ0n) is 10.3. The minimum Gasteiger partial charge on any atom is -0.316 e. The number of nitrogens with zero attached hydrogens (tertiary/aromatic N) is 1. The van der Waals surface area contributed by atoms with Crippen LogP contribution in [-0.2, 0) is 6.54 Å². The molecule has 1 fully saturated rings. The number of fused-ring (bicyclic) bond motifs is 1. The molecule has 0 spiro atoms. The fraction of sp³-hybridized carbons (Fsp3) is 0.250. The van der Waals surface area contributed by atoms with Crippen molar-refractivity contribution in [2.45, 2.75) is 19.0 Å². The molecule has 1 aromatic carbocycles. The van der Waals surface area contributed by atoms with Gasteiger partial charge >= 0.3 is 11.1 Å². The SMILES string of the molecule is O=c1[nH]c2cc([N+](=O)[O-])cc(CNC3[CH]C3)c2[nH]c1=O. The third-order valence-electron chi connectivity index (χ3n) is 3.13. The van der Waals surface area contributed by atoms with Crippen LogP contribution in [0.1, 0.15) is 12.0 Å². The molecule has 0 bridgehead atoms. The summed E-state index contributed by atoms with van der Waals surface area (Å²) >= 11 is 0. The smallest absolute Gasteiger partial charge is 0.314 e. The quantitative estimate of drug-likeness (QED) is 0.418. The fourth-order valence-corrected chi connectivity index (χ4v) is 2.00. The average molecular weight is 275 g/mol. The Morgan fingerprint density at radius 3 is 2.65 bits per heavy atom. The van der Waals surface area contributed by atoms with Crippen LogP contribution in [0.15, 0.2) is 21.7 Å². The highest BCUT2D eigenvalue weighted by Crippen LogP contribution is 2.23. The molecule has 8 nitrogen and oxygen atoms in total. The Balaban J connectivity index is 2.16. The number of hydrogen-bond donors (Lipinski definition) is 3. The van der Waals surface area contributed by atoms with E-state index in [4.69, 9.17) is 0 Å². The molecule has 1 saturated carbocycles. The van der Waals surface area contributed by atoms with Gasteiger partial charge in [0.05, 0.1) is 16.0 Å². The van der Waals surface area contributed by atoms with Gasteiger partial charge in [-0.05, 0) is 18.4 Å². The molecule has 0 aliphatic heterocycles. The van der Waals surface area contributed by atoms with Crippen molar-refractivity contribution in [1.29, 1.82) is 0 Å². The summed E-state index contributed by atoms with van der Waals surface area (Å²) in [6.07, 6.45) is 3.02. The van der Waals surface area contributed by atoms with E-state index in [9.17, 15) is 19.7 Å². The molecule has 1 heterocycles. The molecule has 1 unspecified atom stereocenters. The number of aromatic nitrogens is 2. The minimum atomic E-state index is -0.826. The number of benzene rings is 1. The van der Waals surface area contributed by atoms with Gasteiger partial charge < -0.3 is 15.3 Å². The first-order valence-corrected chi connectivity index (χ1v) is 6.05. The predicted octanol–water partition coefficient (Wildman–Crippen LogP) is 0.191. The largest absolute Gasteiger partial charge is 0.316 e. The topological polar surface area (TPSA) is 121 Å². The van der Waals surface area contributed by atoms with E-state index in [1.807, 2.05) is 0 Å². The van der Waals surface area contributed by atoms with Crippen molar-refractivity contribution in [3.8, 4) is 0 Å². The molecule has 20 heavy (non-hydrogen) atoms. The van der Waals surface area contributed by atoms with Gasteiger partial charge in [0.1, 0.15) is 0 Å². The fourth-order valence-electron chi connectivity index (χ4n) is 2.00. The van der Waals surface area contributed by atoms with Crippen molar-refractivity contribution < 1.29 is 4.92 Å². The van der Waals surface area contributed by atoms with Gasteiger partial charge in [-0.1, -0.05) is 0 Å². The first kappa shape index (κ1) is 12.5. The summed E-state index contributed by atoms with van der Waals surface area (Å²) < 4.78 is 0. The van der Waals surface area contributed by atoms with Gasteiger partial charge in [0, 0.05) is 24.7 Å². The molecular formula is C12H11N4O4. The van der Waals surface area contributed by atoms with E-state index in [1.165, 1.54) is 12.1 Å². The monoisotopic (exact) mass is 275 g/mol. The zero-order valence-corrected chi connectivity index (χ0v) is 10.3. The summed E-state index contributed by atoms with van der Waals surface area (Å²) in [4.78, 5) is 37.9. The van der Waals surface area contributed by atoms with Crippen molar-refractivity contribution in [2.75, 3.05) is 0 Å². The van der Waals surface area contributed by atoms with Gasteiger partial charge in [0.25, 0.3) is 5.69 Å². The van der Waals surface area contributed by atoms with E-state index >= 15 is 0 Å². The lowest BCUT2D eigenvalue weighted by atomic mass is 10.1. The van der Waals surface area contributed by atoms with E-state index in [1.54, 1.807) is 0 Å². The molecule has 3 N–H and O–H groups in total. The standard InChI is InChI=1S/C12H11N4O4/c17-11-12(18)15-10-6(5-13-7-1-2-7)3-8(16(19)20)4-9(10)14-11/h1,3-4,7,13H,2,5H2,(H,14,17)(H,15,18). The molecule has 1 radical (unpaired) electrons. The van der Waals surface area contributed by atoms with Crippen LogP contribution in [0.25, 0.3) is 11.0 Å². The van der Waals surface area contributed by atoms with Crippen LogP contribution in [0.3, 0.4) is 0 Å². The maximum atomic E-state index is 11.4. The molecule has 1 aliphatic carbocycles. The van der Waals surface area contributed by atoms with E-state index in [0.29, 0.717) is 23.7 Å². The van der Waals surface area contributed by atoms with Gasteiger partial charge in [-0.25, -0.2) is 0 Å². The molecule has 8 heteroatoms. The summed E-state index contributed by atoms with van der Waals surface area (Å²) in [5.74, 6) is 0. The highest BCUT2D eigenvalue weighted by atomic mass is 16.6. The number of nitrogens with one attached hydrogen (secondary N) is 3. The summed E-state index contributed by atoms with van der Waals surface area (Å²) in [6.45, 7) is 0.376. The first-order valence-electron chi connectivity index (χ1n) is 6.05. The van der Waals surface area contributed by atoms with Crippen LogP contribution >= 0.6 is 0 Å². The predicted molar refractivity (Wildman–Crippen MR) is 71.4 cm³/mol. The maximum Gasteiger partial charge on any atom is 0.314 e. The molecule has 103 valence electrons. The van der Waals surface area contributed by atoms with Crippen LogP contribution in [-0.4, -0.2) is 20.9 Å². The van der Waals surface area contributed by atoms with Crippen molar-refractivity contribution in [2.24, 2.45) is 0 Å². The number of aromatic amines is 2. The minimum absolute atomic E-state index is 0.128. The van der Waals surface area contributed by atoms with Crippen LogP contribution < -0.4 is 16.4 Å². The Morgan fingerprint density at radius 2 is 2.00 bits per heavy atom. The van der Waals surface area contributed by atoms with Crippen molar-refractivity contribution in [1.82, 2.24) is 15.3 Å².